The van der Waals surface area contributed by atoms with Crippen LogP contribution in [0.1, 0.15) is 48.2 Å². The third-order valence-electron chi connectivity index (χ3n) is 9.65. The maximum Gasteiger partial charge on any atom is 0.409 e. The number of carboxylic acid groups (broad SMARTS) is 1. The summed E-state index contributed by atoms with van der Waals surface area (Å²) in [5, 5.41) is 26.9. The van der Waals surface area contributed by atoms with E-state index in [1.165, 1.54) is 23.1 Å². The van der Waals surface area contributed by atoms with E-state index in [1.807, 2.05) is 4.90 Å². The molecule has 2 fully saturated rings. The van der Waals surface area contributed by atoms with E-state index in [2.05, 4.69) is 31.1 Å². The molecular weight excluding hydrogens is 661 g/mol. The lowest BCUT2D eigenvalue weighted by Crippen LogP contribution is -2.48. The van der Waals surface area contributed by atoms with Crippen LogP contribution in [0.15, 0.2) is 85.3 Å². The van der Waals surface area contributed by atoms with Crippen molar-refractivity contribution in [2.24, 2.45) is 11.8 Å². The first-order chi connectivity index (χ1) is 24.3. The molecule has 256 valence electrons. The number of nitrogens with one attached hydrogen (secondary N) is 3. The number of aromatic nitrogens is 6. The van der Waals surface area contributed by atoms with Crippen LogP contribution < -0.4 is 10.6 Å². The van der Waals surface area contributed by atoms with Gasteiger partial charge in [-0.1, -0.05) is 35.9 Å². The average Bonchev–Trinajstić information content (AvgIpc) is 3.85. The fourth-order valence-electron chi connectivity index (χ4n) is 7.25. The molecule has 4 heterocycles. The van der Waals surface area contributed by atoms with Crippen molar-refractivity contribution >= 4 is 35.4 Å². The Labute approximate surface area is 292 Å². The van der Waals surface area contributed by atoms with Crippen LogP contribution in [0.5, 0.6) is 0 Å². The van der Waals surface area contributed by atoms with E-state index in [1.54, 1.807) is 72.9 Å². The highest BCUT2D eigenvalue weighted by Gasteiger charge is 2.43. The molecule has 12 nitrogen and oxygen atoms in total. The number of carbonyl (C=O) groups excluding carboxylic acids is 1. The number of likely N-dealkylation sites (tertiary alicyclic amines) is 1. The van der Waals surface area contributed by atoms with E-state index >= 15 is 0 Å². The molecule has 2 aromatic heterocycles. The second-order valence-corrected chi connectivity index (χ2v) is 13.1. The van der Waals surface area contributed by atoms with Gasteiger partial charge in [-0.2, -0.15) is 4.68 Å². The average molecular weight is 696 g/mol. The van der Waals surface area contributed by atoms with Crippen LogP contribution in [0, 0.1) is 17.7 Å². The SMILES string of the molecule is O=C(O)Nc1ccc(-c2cnc(C3C(c4ccc(F)cc4)CC(C4CCNCC4)CN3C(=O)C=Cc3cc(Cl)ccc3-n3cnnn3)[nH]2)cc1. The van der Waals surface area contributed by atoms with Gasteiger partial charge in [-0.05, 0) is 114 Å². The minimum atomic E-state index is -1.14. The molecule has 2 saturated heterocycles. The molecule has 7 rings (SSSR count). The largest absolute Gasteiger partial charge is 0.465 e. The summed E-state index contributed by atoms with van der Waals surface area (Å²) < 4.78 is 15.7. The van der Waals surface area contributed by atoms with Crippen LogP contribution in [-0.2, 0) is 4.79 Å². The van der Waals surface area contributed by atoms with Crippen LogP contribution in [0.3, 0.4) is 0 Å². The van der Waals surface area contributed by atoms with E-state index in [0.29, 0.717) is 45.9 Å². The number of halogens is 2. The molecule has 0 bridgehead atoms. The van der Waals surface area contributed by atoms with Crippen LogP contribution in [-0.4, -0.2) is 71.8 Å². The van der Waals surface area contributed by atoms with E-state index in [-0.39, 0.29) is 23.6 Å². The fourth-order valence-corrected chi connectivity index (χ4v) is 7.43. The van der Waals surface area contributed by atoms with Crippen molar-refractivity contribution in [3.63, 3.8) is 0 Å². The molecule has 2 amide bonds. The van der Waals surface area contributed by atoms with Gasteiger partial charge in [0, 0.05) is 34.8 Å². The number of imidazole rings is 1. The van der Waals surface area contributed by atoms with Gasteiger partial charge in [-0.25, -0.2) is 14.2 Å². The summed E-state index contributed by atoms with van der Waals surface area (Å²) in [6, 6.07) is 18.3. The number of hydrogen-bond donors (Lipinski definition) is 4. The van der Waals surface area contributed by atoms with Gasteiger partial charge in [0.05, 0.1) is 23.6 Å². The van der Waals surface area contributed by atoms with E-state index < -0.39 is 12.1 Å². The van der Waals surface area contributed by atoms with E-state index in [9.17, 15) is 14.0 Å². The summed E-state index contributed by atoms with van der Waals surface area (Å²) >= 11 is 6.37. The number of nitrogens with zero attached hydrogens (tertiary/aromatic N) is 6. The summed E-state index contributed by atoms with van der Waals surface area (Å²) in [6.07, 6.45) is 8.16. The van der Waals surface area contributed by atoms with Crippen LogP contribution in [0.4, 0.5) is 14.9 Å². The lowest BCUT2D eigenvalue weighted by atomic mass is 9.72. The molecule has 3 unspecified atom stereocenters. The lowest BCUT2D eigenvalue weighted by molar-refractivity contribution is -0.132. The Morgan fingerprint density at radius 3 is 2.52 bits per heavy atom. The predicted molar refractivity (Wildman–Crippen MR) is 186 cm³/mol. The highest BCUT2D eigenvalue weighted by molar-refractivity contribution is 6.30. The molecule has 2 aliphatic heterocycles. The van der Waals surface area contributed by atoms with Gasteiger partial charge in [-0.3, -0.25) is 10.1 Å². The summed E-state index contributed by atoms with van der Waals surface area (Å²) in [5.41, 5.74) is 4.21. The van der Waals surface area contributed by atoms with E-state index in [0.717, 1.165) is 43.5 Å². The number of piperidine rings is 2. The number of rotatable bonds is 8. The summed E-state index contributed by atoms with van der Waals surface area (Å²) in [4.78, 5) is 35.8. The molecule has 0 saturated carbocycles. The molecule has 50 heavy (non-hydrogen) atoms. The predicted octanol–water partition coefficient (Wildman–Crippen LogP) is 6.32. The molecular formula is C36H35ClFN9O3. The number of aromatic amines is 1. The summed E-state index contributed by atoms with van der Waals surface area (Å²) in [7, 11) is 0. The molecule has 3 aromatic carbocycles. The first-order valence-electron chi connectivity index (χ1n) is 16.5. The number of anilines is 1. The van der Waals surface area contributed by atoms with Gasteiger partial charge in [0.2, 0.25) is 5.91 Å². The number of benzene rings is 3. The van der Waals surface area contributed by atoms with Crippen molar-refractivity contribution in [2.45, 2.75) is 31.2 Å². The molecule has 3 atom stereocenters. The summed E-state index contributed by atoms with van der Waals surface area (Å²) in [5.74, 6) is 0.532. The van der Waals surface area contributed by atoms with Crippen LogP contribution >= 0.6 is 11.6 Å². The van der Waals surface area contributed by atoms with Crippen molar-refractivity contribution in [3.05, 3.63) is 113 Å². The first-order valence-corrected chi connectivity index (χ1v) is 16.8. The quantitative estimate of drug-likeness (QED) is 0.138. The standard InChI is InChI=1S/C36H35ClFN9O3/c37-27-6-11-32(47-21-41-44-45-47)25(17-27)5-12-33(48)46-20-26(22-13-15-39-16-14-22)18-30(23-1-7-28(38)8-2-23)34(46)35-40-19-31(43-35)24-3-9-29(10-4-24)42-36(49)50/h1-12,17,19,21-22,26,30,34,39,42H,13-16,18,20H2,(H,40,43)(H,49,50). The Morgan fingerprint density at radius 1 is 1.02 bits per heavy atom. The minimum Gasteiger partial charge on any atom is -0.465 e. The third-order valence-corrected chi connectivity index (χ3v) is 9.89. The van der Waals surface area contributed by atoms with Crippen LogP contribution in [0.2, 0.25) is 5.02 Å². The number of hydrogen-bond acceptors (Lipinski definition) is 7. The molecule has 0 radical (unpaired) electrons. The zero-order valence-electron chi connectivity index (χ0n) is 26.9. The van der Waals surface area contributed by atoms with Gasteiger partial charge in [-0.15, -0.1) is 5.10 Å². The number of tetrazole rings is 1. The van der Waals surface area contributed by atoms with Crippen molar-refractivity contribution in [2.75, 3.05) is 25.0 Å². The maximum absolute atomic E-state index is 14.5. The first kappa shape index (κ1) is 33.1. The van der Waals surface area contributed by atoms with Gasteiger partial charge < -0.3 is 20.3 Å². The molecule has 2 aliphatic rings. The van der Waals surface area contributed by atoms with Gasteiger partial charge >= 0.3 is 6.09 Å². The monoisotopic (exact) mass is 695 g/mol. The highest BCUT2D eigenvalue weighted by atomic mass is 35.5. The second kappa shape index (κ2) is 14.6. The van der Waals surface area contributed by atoms with E-state index in [4.69, 9.17) is 21.7 Å². The zero-order valence-corrected chi connectivity index (χ0v) is 27.7. The molecule has 4 N–H and O–H groups in total. The third kappa shape index (κ3) is 7.28. The molecule has 14 heteroatoms. The number of H-pyrrole nitrogens is 1. The van der Waals surface area contributed by atoms with Crippen molar-refractivity contribution < 1.29 is 19.1 Å². The Hall–Kier alpha value is -5.40. The Bertz CT molecular complexity index is 1980. The zero-order chi connectivity index (χ0) is 34.6. The Balaban J connectivity index is 1.27. The second-order valence-electron chi connectivity index (χ2n) is 12.7. The molecule has 0 aliphatic carbocycles. The molecule has 0 spiro atoms. The highest BCUT2D eigenvalue weighted by Crippen LogP contribution is 2.47. The smallest absolute Gasteiger partial charge is 0.409 e. The lowest BCUT2D eigenvalue weighted by Gasteiger charge is -2.46. The maximum atomic E-state index is 14.5. The van der Waals surface area contributed by atoms with Crippen molar-refractivity contribution in [1.29, 1.82) is 0 Å². The summed E-state index contributed by atoms with van der Waals surface area (Å²) in [6.45, 7) is 2.38. The van der Waals surface area contributed by atoms with Crippen LogP contribution in [0.25, 0.3) is 23.0 Å². The normalized spacial score (nSPS) is 19.9. The Kier molecular flexibility index (Phi) is 9.67. The number of amides is 2. The fraction of sp³-hybridized carbons (Fsp3) is 0.278. The topological polar surface area (TPSA) is 154 Å². The van der Waals surface area contributed by atoms with Gasteiger partial charge in [0.15, 0.2) is 0 Å². The van der Waals surface area contributed by atoms with Gasteiger partial charge in [0.25, 0.3) is 0 Å². The minimum absolute atomic E-state index is 0.175. The van der Waals surface area contributed by atoms with Crippen molar-refractivity contribution in [3.8, 4) is 16.9 Å². The Morgan fingerprint density at radius 2 is 1.80 bits per heavy atom. The molecule has 5 aromatic rings. The van der Waals surface area contributed by atoms with Gasteiger partial charge in [0.1, 0.15) is 18.0 Å². The van der Waals surface area contributed by atoms with Crippen molar-refractivity contribution in [1.82, 2.24) is 40.4 Å². The number of carbonyl (C=O) groups is 2.